The molecule has 0 bridgehead atoms. The van der Waals surface area contributed by atoms with Crippen molar-refractivity contribution in [3.8, 4) is 33.4 Å². The molecule has 55 heavy (non-hydrogen) atoms. The van der Waals surface area contributed by atoms with E-state index >= 15 is 0 Å². The molecule has 9 aromatic carbocycles. The Balaban J connectivity index is 1.10. The van der Waals surface area contributed by atoms with Crippen molar-refractivity contribution in [2.24, 2.45) is 0 Å². The molecular weight excluding hydrogens is 671 g/mol. The summed E-state index contributed by atoms with van der Waals surface area (Å²) in [5, 5.41) is 6.69. The highest BCUT2D eigenvalue weighted by Crippen LogP contribution is 2.46. The number of hydrogen-bond donors (Lipinski definition) is 0. The van der Waals surface area contributed by atoms with Crippen LogP contribution in [0.25, 0.3) is 88.0 Å². The second-order valence-corrected chi connectivity index (χ2v) is 14.1. The molecule has 0 aliphatic heterocycles. The van der Waals surface area contributed by atoms with Crippen molar-refractivity contribution < 1.29 is 8.83 Å². The lowest BCUT2D eigenvalue weighted by Gasteiger charge is -2.28. The van der Waals surface area contributed by atoms with Crippen molar-refractivity contribution in [1.82, 2.24) is 0 Å². The summed E-state index contributed by atoms with van der Waals surface area (Å²) < 4.78 is 13.1. The van der Waals surface area contributed by atoms with E-state index in [9.17, 15) is 0 Å². The number of nitrogens with zero attached hydrogens (tertiary/aromatic N) is 1. The van der Waals surface area contributed by atoms with Gasteiger partial charge in [0.1, 0.15) is 22.3 Å². The maximum absolute atomic E-state index is 6.87. The van der Waals surface area contributed by atoms with Crippen LogP contribution in [0.5, 0.6) is 0 Å². The normalized spacial score (nSPS) is 11.6. The van der Waals surface area contributed by atoms with Crippen LogP contribution >= 0.6 is 0 Å². The van der Waals surface area contributed by atoms with E-state index in [1.54, 1.807) is 0 Å². The molecular formula is C52H33NO2. The third-order valence-electron chi connectivity index (χ3n) is 10.9. The topological polar surface area (TPSA) is 29.5 Å². The van der Waals surface area contributed by atoms with Gasteiger partial charge in [-0.3, -0.25) is 0 Å². The molecule has 258 valence electrons. The second kappa shape index (κ2) is 12.6. The molecule has 0 spiro atoms. The van der Waals surface area contributed by atoms with Crippen molar-refractivity contribution >= 4 is 71.7 Å². The van der Waals surface area contributed by atoms with E-state index in [2.05, 4.69) is 193 Å². The molecule has 0 saturated carbocycles. The molecule has 0 fully saturated rings. The Labute approximate surface area is 317 Å². The SMILES string of the molecule is c1ccc(-c2cccc(-c3ccc(N(c4ccc5oc6ccccc6c5c4)c4ccccc4-c4cccc5c4oc4c6ccccc6ccc54)cc3)c2)cc1. The molecule has 3 nitrogen and oxygen atoms in total. The molecule has 0 amide bonds. The van der Waals surface area contributed by atoms with Gasteiger partial charge in [0.2, 0.25) is 0 Å². The number of furan rings is 2. The van der Waals surface area contributed by atoms with Crippen molar-refractivity contribution in [2.75, 3.05) is 4.90 Å². The highest BCUT2D eigenvalue weighted by molar-refractivity contribution is 6.18. The predicted octanol–water partition coefficient (Wildman–Crippen LogP) is 15.1. The fourth-order valence-electron chi connectivity index (χ4n) is 8.23. The van der Waals surface area contributed by atoms with Gasteiger partial charge in [0.05, 0.1) is 5.69 Å². The van der Waals surface area contributed by atoms with Gasteiger partial charge in [-0.25, -0.2) is 0 Å². The number of para-hydroxylation sites is 3. The van der Waals surface area contributed by atoms with Crippen molar-refractivity contribution in [3.63, 3.8) is 0 Å². The van der Waals surface area contributed by atoms with Gasteiger partial charge in [0, 0.05) is 49.4 Å². The average molecular weight is 704 g/mol. The predicted molar refractivity (Wildman–Crippen MR) is 229 cm³/mol. The van der Waals surface area contributed by atoms with Crippen LogP contribution in [-0.2, 0) is 0 Å². The summed E-state index contributed by atoms with van der Waals surface area (Å²) >= 11 is 0. The highest BCUT2D eigenvalue weighted by atomic mass is 16.3. The van der Waals surface area contributed by atoms with E-state index in [0.29, 0.717) is 0 Å². The van der Waals surface area contributed by atoms with Gasteiger partial charge in [0.15, 0.2) is 0 Å². The fourth-order valence-corrected chi connectivity index (χ4v) is 8.23. The standard InChI is InChI=1S/C52H33NO2/c1-2-12-34(13-3-1)37-15-10-16-38(32-37)35-24-27-39(28-25-35)53(40-29-31-50-47(33-40)43-19-7-9-23-49(43)54-50)48-22-8-6-18-42(48)44-20-11-21-45-46-30-26-36-14-4-5-17-41(36)51(46)55-52(44)45/h1-33H. The number of benzene rings is 9. The minimum absolute atomic E-state index is 0.867. The average Bonchev–Trinajstić information content (AvgIpc) is 3.83. The maximum atomic E-state index is 6.87. The largest absolute Gasteiger partial charge is 0.456 e. The summed E-state index contributed by atoms with van der Waals surface area (Å²) in [6.07, 6.45) is 0. The third kappa shape index (κ3) is 5.20. The van der Waals surface area contributed by atoms with Gasteiger partial charge in [-0.2, -0.15) is 0 Å². The summed E-state index contributed by atoms with van der Waals surface area (Å²) in [5.74, 6) is 0. The lowest BCUT2D eigenvalue weighted by atomic mass is 9.97. The number of hydrogen-bond acceptors (Lipinski definition) is 3. The quantitative estimate of drug-likeness (QED) is 0.173. The van der Waals surface area contributed by atoms with E-state index in [4.69, 9.17) is 8.83 Å². The highest BCUT2D eigenvalue weighted by Gasteiger charge is 2.22. The van der Waals surface area contributed by atoms with Crippen LogP contribution in [0.1, 0.15) is 0 Å². The number of anilines is 3. The fraction of sp³-hybridized carbons (Fsp3) is 0. The van der Waals surface area contributed by atoms with Gasteiger partial charge in [-0.15, -0.1) is 0 Å². The van der Waals surface area contributed by atoms with Gasteiger partial charge >= 0.3 is 0 Å². The zero-order chi connectivity index (χ0) is 36.3. The lowest BCUT2D eigenvalue weighted by Crippen LogP contribution is -2.11. The minimum atomic E-state index is 0.867. The molecule has 0 N–H and O–H groups in total. The molecule has 0 aliphatic rings. The third-order valence-corrected chi connectivity index (χ3v) is 10.9. The molecule has 0 unspecified atom stereocenters. The minimum Gasteiger partial charge on any atom is -0.456 e. The van der Waals surface area contributed by atoms with Gasteiger partial charge in [-0.1, -0.05) is 146 Å². The number of rotatable bonds is 6. The van der Waals surface area contributed by atoms with Crippen LogP contribution in [0.15, 0.2) is 209 Å². The first-order valence-corrected chi connectivity index (χ1v) is 18.7. The lowest BCUT2D eigenvalue weighted by molar-refractivity contribution is 0.669. The zero-order valence-electron chi connectivity index (χ0n) is 29.8. The Bertz CT molecular complexity index is 3210. The second-order valence-electron chi connectivity index (χ2n) is 14.1. The molecule has 3 heteroatoms. The van der Waals surface area contributed by atoms with E-state index in [1.807, 2.05) is 12.1 Å². The molecule has 2 aromatic heterocycles. The van der Waals surface area contributed by atoms with Crippen LogP contribution in [0.3, 0.4) is 0 Å². The van der Waals surface area contributed by atoms with Crippen molar-refractivity contribution in [1.29, 1.82) is 0 Å². The van der Waals surface area contributed by atoms with Crippen LogP contribution < -0.4 is 4.90 Å². The summed E-state index contributed by atoms with van der Waals surface area (Å²) in [4.78, 5) is 2.36. The van der Waals surface area contributed by atoms with E-state index < -0.39 is 0 Å². The van der Waals surface area contributed by atoms with Crippen molar-refractivity contribution in [3.05, 3.63) is 200 Å². The van der Waals surface area contributed by atoms with Crippen LogP contribution in [0, 0.1) is 0 Å². The van der Waals surface area contributed by atoms with Gasteiger partial charge in [0.25, 0.3) is 0 Å². The summed E-state index contributed by atoms with van der Waals surface area (Å²) in [5.41, 5.74) is 13.5. The summed E-state index contributed by atoms with van der Waals surface area (Å²) in [6, 6.07) is 70.9. The Morgan fingerprint density at radius 3 is 1.80 bits per heavy atom. The first-order valence-electron chi connectivity index (χ1n) is 18.7. The van der Waals surface area contributed by atoms with Crippen LogP contribution in [0.4, 0.5) is 17.1 Å². The Morgan fingerprint density at radius 1 is 0.309 bits per heavy atom. The van der Waals surface area contributed by atoms with Crippen LogP contribution in [-0.4, -0.2) is 0 Å². The maximum Gasteiger partial charge on any atom is 0.143 e. The number of fused-ring (bicyclic) bond motifs is 8. The zero-order valence-corrected chi connectivity index (χ0v) is 29.8. The van der Waals surface area contributed by atoms with Gasteiger partial charge in [-0.05, 0) is 82.2 Å². The Kier molecular flexibility index (Phi) is 7.17. The smallest absolute Gasteiger partial charge is 0.143 e. The van der Waals surface area contributed by atoms with E-state index in [-0.39, 0.29) is 0 Å². The van der Waals surface area contributed by atoms with Gasteiger partial charge < -0.3 is 13.7 Å². The molecule has 0 radical (unpaired) electrons. The first-order chi connectivity index (χ1) is 27.3. The first kappa shape index (κ1) is 31.2. The van der Waals surface area contributed by atoms with Crippen molar-refractivity contribution in [2.45, 2.75) is 0 Å². The van der Waals surface area contributed by atoms with Crippen LogP contribution in [0.2, 0.25) is 0 Å². The van der Waals surface area contributed by atoms with E-state index in [1.165, 1.54) is 22.1 Å². The summed E-state index contributed by atoms with van der Waals surface area (Å²) in [6.45, 7) is 0. The molecule has 0 aliphatic carbocycles. The monoisotopic (exact) mass is 703 g/mol. The molecule has 11 aromatic rings. The van der Waals surface area contributed by atoms with E-state index in [0.717, 1.165) is 83.0 Å². The molecule has 0 atom stereocenters. The summed E-state index contributed by atoms with van der Waals surface area (Å²) in [7, 11) is 0. The Hall–Kier alpha value is -7.36. The molecule has 2 heterocycles. The molecule has 0 saturated heterocycles. The molecule has 11 rings (SSSR count). The Morgan fingerprint density at radius 2 is 0.927 bits per heavy atom.